The highest BCUT2D eigenvalue weighted by atomic mass is 16.2. The second-order valence-electron chi connectivity index (χ2n) is 4.55. The quantitative estimate of drug-likeness (QED) is 0.724. The van der Waals surface area contributed by atoms with E-state index in [9.17, 15) is 9.59 Å². The lowest BCUT2D eigenvalue weighted by molar-refractivity contribution is -0.116. The summed E-state index contributed by atoms with van der Waals surface area (Å²) in [5.41, 5.74) is 6.51. The first-order valence-corrected chi connectivity index (χ1v) is 6.39. The molecule has 0 aliphatic carbocycles. The molecular formula is C14H21N3O2. The minimum atomic E-state index is -0.216. The molecule has 5 nitrogen and oxygen atoms in total. The van der Waals surface area contributed by atoms with Gasteiger partial charge >= 0.3 is 0 Å². The van der Waals surface area contributed by atoms with Gasteiger partial charge < -0.3 is 16.4 Å². The average molecular weight is 263 g/mol. The van der Waals surface area contributed by atoms with E-state index in [1.54, 1.807) is 31.3 Å². The Morgan fingerprint density at radius 3 is 2.63 bits per heavy atom. The Bertz CT molecular complexity index is 446. The van der Waals surface area contributed by atoms with Crippen LogP contribution in [0.3, 0.4) is 0 Å². The smallest absolute Gasteiger partial charge is 0.253 e. The number of para-hydroxylation sites is 1. The molecule has 1 aromatic rings. The normalized spacial score (nSPS) is 11.7. The van der Waals surface area contributed by atoms with Crippen molar-refractivity contribution in [1.82, 2.24) is 5.32 Å². The second-order valence-corrected chi connectivity index (χ2v) is 4.55. The lowest BCUT2D eigenvalue weighted by Gasteiger charge is -2.11. The van der Waals surface area contributed by atoms with Gasteiger partial charge in [-0.15, -0.1) is 0 Å². The summed E-state index contributed by atoms with van der Waals surface area (Å²) in [5.74, 6) is 0.00261. The van der Waals surface area contributed by atoms with Crippen molar-refractivity contribution in [1.29, 1.82) is 0 Å². The first-order chi connectivity index (χ1) is 9.08. The van der Waals surface area contributed by atoms with E-state index in [-0.39, 0.29) is 11.8 Å². The molecule has 2 amide bonds. The van der Waals surface area contributed by atoms with Gasteiger partial charge in [-0.25, -0.2) is 0 Å². The Balaban J connectivity index is 2.66. The van der Waals surface area contributed by atoms with Crippen LogP contribution in [0.2, 0.25) is 0 Å². The van der Waals surface area contributed by atoms with Gasteiger partial charge in [0, 0.05) is 13.5 Å². The monoisotopic (exact) mass is 263 g/mol. The summed E-state index contributed by atoms with van der Waals surface area (Å²) in [6.45, 7) is 2.58. The van der Waals surface area contributed by atoms with Crippen molar-refractivity contribution < 1.29 is 9.59 Å². The minimum absolute atomic E-state index is 0.100. The van der Waals surface area contributed by atoms with E-state index >= 15 is 0 Å². The molecule has 104 valence electrons. The summed E-state index contributed by atoms with van der Waals surface area (Å²) >= 11 is 0. The number of benzene rings is 1. The number of rotatable bonds is 6. The molecule has 0 aliphatic rings. The molecule has 0 spiro atoms. The van der Waals surface area contributed by atoms with Crippen LogP contribution in [0.5, 0.6) is 0 Å². The molecule has 0 aromatic heterocycles. The maximum Gasteiger partial charge on any atom is 0.253 e. The SMILES string of the molecule is CNC(=O)c1ccccc1NC(=O)CCC(C)CN. The molecule has 5 heteroatoms. The molecule has 0 saturated carbocycles. The van der Waals surface area contributed by atoms with Crippen molar-refractivity contribution >= 4 is 17.5 Å². The van der Waals surface area contributed by atoms with Crippen LogP contribution in [0.25, 0.3) is 0 Å². The molecule has 0 aliphatic heterocycles. The zero-order chi connectivity index (χ0) is 14.3. The molecule has 0 saturated heterocycles. The van der Waals surface area contributed by atoms with E-state index in [2.05, 4.69) is 10.6 Å². The molecule has 0 bridgehead atoms. The highest BCUT2D eigenvalue weighted by Crippen LogP contribution is 2.15. The van der Waals surface area contributed by atoms with Gasteiger partial charge in [0.2, 0.25) is 5.91 Å². The van der Waals surface area contributed by atoms with Crippen molar-refractivity contribution in [2.24, 2.45) is 11.7 Å². The number of nitrogens with one attached hydrogen (secondary N) is 2. The maximum atomic E-state index is 11.8. The number of carbonyl (C=O) groups is 2. The number of carbonyl (C=O) groups excluding carboxylic acids is 2. The second kappa shape index (κ2) is 7.53. The summed E-state index contributed by atoms with van der Waals surface area (Å²) in [7, 11) is 1.56. The zero-order valence-corrected chi connectivity index (χ0v) is 11.4. The van der Waals surface area contributed by atoms with Gasteiger partial charge in [-0.2, -0.15) is 0 Å². The van der Waals surface area contributed by atoms with Gasteiger partial charge in [0.15, 0.2) is 0 Å². The van der Waals surface area contributed by atoms with Gasteiger partial charge in [-0.1, -0.05) is 19.1 Å². The summed E-state index contributed by atoms with van der Waals surface area (Å²) in [6.07, 6.45) is 1.14. The molecule has 0 fully saturated rings. The van der Waals surface area contributed by atoms with Gasteiger partial charge in [0.25, 0.3) is 5.91 Å². The van der Waals surface area contributed by atoms with Crippen LogP contribution in [0.4, 0.5) is 5.69 Å². The van der Waals surface area contributed by atoms with Crippen molar-refractivity contribution in [3.63, 3.8) is 0 Å². The minimum Gasteiger partial charge on any atom is -0.355 e. The Hall–Kier alpha value is -1.88. The summed E-state index contributed by atoms with van der Waals surface area (Å²) in [4.78, 5) is 23.5. The highest BCUT2D eigenvalue weighted by Gasteiger charge is 2.12. The number of anilines is 1. The van der Waals surface area contributed by atoms with Crippen LogP contribution in [0.15, 0.2) is 24.3 Å². The molecule has 1 atom stereocenters. The Labute approximate surface area is 113 Å². The lowest BCUT2D eigenvalue weighted by Crippen LogP contribution is -2.22. The van der Waals surface area contributed by atoms with E-state index in [4.69, 9.17) is 5.73 Å². The fourth-order valence-corrected chi connectivity index (χ4v) is 1.63. The van der Waals surface area contributed by atoms with Crippen LogP contribution in [0.1, 0.15) is 30.1 Å². The Kier molecular flexibility index (Phi) is 6.02. The third kappa shape index (κ3) is 4.71. The summed E-state index contributed by atoms with van der Waals surface area (Å²) < 4.78 is 0. The summed E-state index contributed by atoms with van der Waals surface area (Å²) in [5, 5.41) is 5.31. The summed E-state index contributed by atoms with van der Waals surface area (Å²) in [6, 6.07) is 6.94. The van der Waals surface area contributed by atoms with E-state index < -0.39 is 0 Å². The van der Waals surface area contributed by atoms with Crippen LogP contribution in [0, 0.1) is 5.92 Å². The third-order valence-electron chi connectivity index (χ3n) is 2.94. The van der Waals surface area contributed by atoms with Gasteiger partial charge in [0.05, 0.1) is 11.3 Å². The predicted molar refractivity (Wildman–Crippen MR) is 75.9 cm³/mol. The van der Waals surface area contributed by atoms with Crippen molar-refractivity contribution in [2.45, 2.75) is 19.8 Å². The molecule has 0 heterocycles. The van der Waals surface area contributed by atoms with Crippen LogP contribution in [-0.4, -0.2) is 25.4 Å². The third-order valence-corrected chi connectivity index (χ3v) is 2.94. The van der Waals surface area contributed by atoms with Crippen molar-refractivity contribution in [3.8, 4) is 0 Å². The number of hydrogen-bond donors (Lipinski definition) is 3. The topological polar surface area (TPSA) is 84.2 Å². The average Bonchev–Trinajstić information content (AvgIpc) is 2.44. The highest BCUT2D eigenvalue weighted by molar-refractivity contribution is 6.03. The number of amides is 2. The van der Waals surface area contributed by atoms with Crippen LogP contribution < -0.4 is 16.4 Å². The first kappa shape index (κ1) is 15.2. The Morgan fingerprint density at radius 1 is 1.32 bits per heavy atom. The standard InChI is InChI=1S/C14H21N3O2/c1-10(9-15)7-8-13(18)17-12-6-4-3-5-11(12)14(19)16-2/h3-6,10H,7-9,15H2,1-2H3,(H,16,19)(H,17,18). The molecular weight excluding hydrogens is 242 g/mol. The predicted octanol–water partition coefficient (Wildman–Crippen LogP) is 1.36. The first-order valence-electron chi connectivity index (χ1n) is 6.39. The van der Waals surface area contributed by atoms with Crippen LogP contribution >= 0.6 is 0 Å². The van der Waals surface area contributed by atoms with E-state index in [0.717, 1.165) is 6.42 Å². The number of hydrogen-bond acceptors (Lipinski definition) is 3. The maximum absolute atomic E-state index is 11.8. The fourth-order valence-electron chi connectivity index (χ4n) is 1.63. The number of nitrogens with two attached hydrogens (primary N) is 1. The van der Waals surface area contributed by atoms with Gasteiger partial charge in [0.1, 0.15) is 0 Å². The van der Waals surface area contributed by atoms with Crippen molar-refractivity contribution in [2.75, 3.05) is 18.9 Å². The largest absolute Gasteiger partial charge is 0.355 e. The molecule has 1 aromatic carbocycles. The fraction of sp³-hybridized carbons (Fsp3) is 0.429. The van der Waals surface area contributed by atoms with Gasteiger partial charge in [-0.05, 0) is 31.0 Å². The van der Waals surface area contributed by atoms with Crippen LogP contribution in [-0.2, 0) is 4.79 Å². The molecule has 1 unspecified atom stereocenters. The molecule has 19 heavy (non-hydrogen) atoms. The Morgan fingerprint density at radius 2 is 2.00 bits per heavy atom. The van der Waals surface area contributed by atoms with Crippen molar-refractivity contribution in [3.05, 3.63) is 29.8 Å². The van der Waals surface area contributed by atoms with E-state index in [1.165, 1.54) is 0 Å². The van der Waals surface area contributed by atoms with E-state index in [0.29, 0.717) is 30.1 Å². The van der Waals surface area contributed by atoms with E-state index in [1.807, 2.05) is 6.92 Å². The zero-order valence-electron chi connectivity index (χ0n) is 11.4. The molecule has 4 N–H and O–H groups in total. The molecule has 0 radical (unpaired) electrons. The lowest BCUT2D eigenvalue weighted by atomic mass is 10.1. The van der Waals surface area contributed by atoms with Gasteiger partial charge in [-0.3, -0.25) is 9.59 Å². The molecule has 1 rings (SSSR count).